The molecule has 196 valence electrons. The van der Waals surface area contributed by atoms with Gasteiger partial charge in [-0.1, -0.05) is 30.0 Å². The second kappa shape index (κ2) is 11.5. The van der Waals surface area contributed by atoms with Gasteiger partial charge in [0.15, 0.2) is 0 Å². The van der Waals surface area contributed by atoms with Gasteiger partial charge in [0.2, 0.25) is 5.91 Å². The zero-order valence-electron chi connectivity index (χ0n) is 20.9. The molecule has 5 rings (SSSR count). The lowest BCUT2D eigenvalue weighted by molar-refractivity contribution is -0.132. The van der Waals surface area contributed by atoms with Crippen LogP contribution >= 0.6 is 11.8 Å². The largest absolute Gasteiger partial charge is 0.457 e. The quantitative estimate of drug-likeness (QED) is 0.397. The van der Waals surface area contributed by atoms with Crippen LogP contribution in [0.4, 0.5) is 26.7 Å². The fraction of sp³-hybridized carbons (Fsp3) is 0.250. The summed E-state index contributed by atoms with van der Waals surface area (Å²) in [5, 5.41) is 8.26. The number of hydrogen-bond acceptors (Lipinski definition) is 6. The molecule has 2 unspecified atom stereocenters. The lowest BCUT2D eigenvalue weighted by Crippen LogP contribution is -2.48. The van der Waals surface area contributed by atoms with Crippen LogP contribution in [0.15, 0.2) is 78.9 Å². The molecule has 2 atom stereocenters. The fourth-order valence-corrected chi connectivity index (χ4v) is 5.29. The maximum Gasteiger partial charge on any atom is 0.323 e. The number of likely N-dealkylation sites (N-methyl/N-ethyl adjacent to an activating group) is 1. The summed E-state index contributed by atoms with van der Waals surface area (Å²) in [5.74, 6) is 1.87. The van der Waals surface area contributed by atoms with Crippen molar-refractivity contribution in [1.82, 2.24) is 10.2 Å². The minimum absolute atomic E-state index is 0.0425. The van der Waals surface area contributed by atoms with Crippen molar-refractivity contribution < 1.29 is 19.1 Å². The van der Waals surface area contributed by atoms with Crippen LogP contribution in [-0.2, 0) is 4.79 Å². The Hall–Kier alpha value is -4.18. The predicted octanol–water partition coefficient (Wildman–Crippen LogP) is 4.99. The number of nitrogens with zero attached hydrogens (tertiary/aromatic N) is 2. The summed E-state index contributed by atoms with van der Waals surface area (Å²) in [6, 6.07) is 23.6. The minimum Gasteiger partial charge on any atom is -0.457 e. The van der Waals surface area contributed by atoms with Crippen molar-refractivity contribution in [3.63, 3.8) is 0 Å². The highest BCUT2D eigenvalue weighted by atomic mass is 32.2. The third kappa shape index (κ3) is 6.20. The zero-order chi connectivity index (χ0) is 26.5. The van der Waals surface area contributed by atoms with E-state index in [0.29, 0.717) is 29.4 Å². The Labute approximate surface area is 225 Å². The van der Waals surface area contributed by atoms with Gasteiger partial charge >= 0.3 is 6.03 Å². The van der Waals surface area contributed by atoms with Gasteiger partial charge in [0, 0.05) is 43.0 Å². The Bertz CT molecular complexity index is 1290. The number of amides is 4. The Morgan fingerprint density at radius 3 is 2.21 bits per heavy atom. The average molecular weight is 532 g/mol. The average Bonchev–Trinajstić information content (AvgIpc) is 3.60. The van der Waals surface area contributed by atoms with Gasteiger partial charge < -0.3 is 30.5 Å². The van der Waals surface area contributed by atoms with Crippen molar-refractivity contribution in [2.24, 2.45) is 0 Å². The van der Waals surface area contributed by atoms with Crippen LogP contribution in [0.1, 0.15) is 6.42 Å². The maximum atomic E-state index is 12.7. The van der Waals surface area contributed by atoms with E-state index in [1.54, 1.807) is 36.2 Å². The van der Waals surface area contributed by atoms with Crippen molar-refractivity contribution in [1.29, 1.82) is 0 Å². The third-order valence-corrected chi connectivity index (χ3v) is 7.49. The number of para-hydroxylation sites is 1. The number of rotatable bonds is 7. The lowest BCUT2D eigenvalue weighted by Gasteiger charge is -2.27. The Balaban J connectivity index is 1.10. The molecule has 4 amide bonds. The van der Waals surface area contributed by atoms with E-state index in [1.807, 2.05) is 54.6 Å². The molecule has 2 saturated heterocycles. The summed E-state index contributed by atoms with van der Waals surface area (Å²) in [6.07, 6.45) is 0.855. The van der Waals surface area contributed by atoms with Gasteiger partial charge in [-0.25, -0.2) is 4.79 Å². The summed E-state index contributed by atoms with van der Waals surface area (Å²) in [5.41, 5.74) is 2.35. The van der Waals surface area contributed by atoms with Crippen LogP contribution in [0.25, 0.3) is 0 Å². The molecule has 2 aliphatic heterocycles. The zero-order valence-corrected chi connectivity index (χ0v) is 21.7. The Morgan fingerprint density at radius 1 is 0.947 bits per heavy atom. The maximum absolute atomic E-state index is 12.7. The Morgan fingerprint density at radius 2 is 1.58 bits per heavy atom. The molecule has 2 fully saturated rings. The summed E-state index contributed by atoms with van der Waals surface area (Å²) >= 11 is 1.15. The van der Waals surface area contributed by atoms with Crippen molar-refractivity contribution in [2.75, 3.05) is 41.4 Å². The lowest BCUT2D eigenvalue weighted by atomic mass is 10.2. The predicted molar refractivity (Wildman–Crippen MR) is 150 cm³/mol. The number of nitrogens with one attached hydrogen (secondary N) is 3. The SMILES string of the molecule is CN(C(=O)C1CSC(=O)N1)C1CCN(c2ccc(NC(=O)Nc3ccc(Oc4ccccc4)cc3)cc2)C1. The van der Waals surface area contributed by atoms with Gasteiger partial charge in [0.25, 0.3) is 5.24 Å². The van der Waals surface area contributed by atoms with Gasteiger partial charge in [0.1, 0.15) is 17.5 Å². The van der Waals surface area contributed by atoms with E-state index in [1.165, 1.54) is 0 Å². The molecule has 0 aliphatic carbocycles. The normalized spacial score (nSPS) is 18.6. The number of thioether (sulfide) groups is 1. The second-order valence-electron chi connectivity index (χ2n) is 9.20. The van der Waals surface area contributed by atoms with E-state index in [2.05, 4.69) is 20.9 Å². The van der Waals surface area contributed by atoms with Crippen LogP contribution in [0.3, 0.4) is 0 Å². The molecule has 0 aromatic heterocycles. The molecule has 3 N–H and O–H groups in total. The van der Waals surface area contributed by atoms with E-state index < -0.39 is 6.04 Å². The van der Waals surface area contributed by atoms with Gasteiger partial charge in [-0.3, -0.25) is 9.59 Å². The third-order valence-electron chi connectivity index (χ3n) is 6.61. The molecule has 2 heterocycles. The number of benzene rings is 3. The molecule has 3 aromatic rings. The van der Waals surface area contributed by atoms with Crippen LogP contribution in [0, 0.1) is 0 Å². The van der Waals surface area contributed by atoms with Crippen molar-refractivity contribution in [3.8, 4) is 11.5 Å². The molecule has 0 spiro atoms. The number of carbonyl (C=O) groups is 3. The summed E-state index contributed by atoms with van der Waals surface area (Å²) in [7, 11) is 1.81. The van der Waals surface area contributed by atoms with Crippen molar-refractivity contribution in [2.45, 2.75) is 18.5 Å². The van der Waals surface area contributed by atoms with E-state index >= 15 is 0 Å². The van der Waals surface area contributed by atoms with Crippen molar-refractivity contribution in [3.05, 3.63) is 78.9 Å². The van der Waals surface area contributed by atoms with Gasteiger partial charge in [0.05, 0.1) is 6.04 Å². The first-order valence-electron chi connectivity index (χ1n) is 12.4. The highest BCUT2D eigenvalue weighted by Crippen LogP contribution is 2.26. The summed E-state index contributed by atoms with van der Waals surface area (Å²) in [4.78, 5) is 40.6. The Kier molecular flexibility index (Phi) is 7.69. The fourth-order valence-electron chi connectivity index (χ4n) is 4.52. The second-order valence-corrected chi connectivity index (χ2v) is 10.2. The molecule has 9 nitrogen and oxygen atoms in total. The molecule has 3 aromatic carbocycles. The number of hydrogen-bond donors (Lipinski definition) is 3. The standard InChI is InChI=1S/C28H29N5O4S/c1-32(26(34)25-18-38-28(36)31-25)22-15-16-33(17-22)21-11-7-19(8-12-21)29-27(35)30-20-9-13-24(14-10-20)37-23-5-3-2-4-6-23/h2-14,22,25H,15-18H2,1H3,(H,31,36)(H2,29,30,35). The number of anilines is 3. The van der Waals surface area contributed by atoms with Crippen LogP contribution in [0.2, 0.25) is 0 Å². The smallest absolute Gasteiger partial charge is 0.323 e. The number of ether oxygens (including phenoxy) is 1. The van der Waals surface area contributed by atoms with E-state index in [-0.39, 0.29) is 23.2 Å². The van der Waals surface area contributed by atoms with Gasteiger partial charge in [-0.15, -0.1) is 0 Å². The molecular weight excluding hydrogens is 502 g/mol. The first-order chi connectivity index (χ1) is 18.4. The molecule has 0 saturated carbocycles. The highest BCUT2D eigenvalue weighted by Gasteiger charge is 2.35. The molecule has 10 heteroatoms. The van der Waals surface area contributed by atoms with E-state index in [0.717, 1.165) is 36.2 Å². The first kappa shape index (κ1) is 25.5. The number of carbonyl (C=O) groups excluding carboxylic acids is 3. The summed E-state index contributed by atoms with van der Waals surface area (Å²) < 4.78 is 5.78. The van der Waals surface area contributed by atoms with E-state index in [9.17, 15) is 14.4 Å². The molecule has 0 radical (unpaired) electrons. The first-order valence-corrected chi connectivity index (χ1v) is 13.4. The summed E-state index contributed by atoms with van der Waals surface area (Å²) in [6.45, 7) is 1.54. The highest BCUT2D eigenvalue weighted by molar-refractivity contribution is 8.14. The van der Waals surface area contributed by atoms with Crippen LogP contribution in [0.5, 0.6) is 11.5 Å². The van der Waals surface area contributed by atoms with Crippen molar-refractivity contribution >= 4 is 46.0 Å². The molecule has 2 aliphatic rings. The monoisotopic (exact) mass is 531 g/mol. The van der Waals surface area contributed by atoms with Gasteiger partial charge in [-0.2, -0.15) is 0 Å². The van der Waals surface area contributed by atoms with Gasteiger partial charge in [-0.05, 0) is 67.1 Å². The molecule has 38 heavy (non-hydrogen) atoms. The molecular formula is C28H29N5O4S. The van der Waals surface area contributed by atoms with Crippen LogP contribution < -0.4 is 25.6 Å². The molecule has 0 bridgehead atoms. The van der Waals surface area contributed by atoms with E-state index in [4.69, 9.17) is 4.74 Å². The topological polar surface area (TPSA) is 103 Å². The minimum atomic E-state index is -0.441. The van der Waals surface area contributed by atoms with Crippen LogP contribution in [-0.4, -0.2) is 60.1 Å². The number of urea groups is 1.